The van der Waals surface area contributed by atoms with Crippen LogP contribution < -0.4 is 0 Å². The van der Waals surface area contributed by atoms with Crippen LogP contribution in [0.15, 0.2) is 42.5 Å². The van der Waals surface area contributed by atoms with E-state index in [0.29, 0.717) is 0 Å². The number of rotatable bonds is 5. The molecule has 0 fully saturated rings. The Labute approximate surface area is 139 Å². The molecule has 2 aromatic heterocycles. The monoisotopic (exact) mass is 324 g/mol. The van der Waals surface area contributed by atoms with Gasteiger partial charge in [0.25, 0.3) is 0 Å². The SMILES string of the molecule is CCCCCCc1cc2ccc3c4ccccc4sc3c2s1. The van der Waals surface area contributed by atoms with Gasteiger partial charge in [0.05, 0.1) is 9.40 Å². The molecule has 22 heavy (non-hydrogen) atoms. The van der Waals surface area contributed by atoms with E-state index in [0.717, 1.165) is 0 Å². The molecule has 0 unspecified atom stereocenters. The van der Waals surface area contributed by atoms with Crippen molar-refractivity contribution < 1.29 is 0 Å². The highest BCUT2D eigenvalue weighted by atomic mass is 32.1. The van der Waals surface area contributed by atoms with Gasteiger partial charge in [-0.25, -0.2) is 0 Å². The molecule has 0 nitrogen and oxygen atoms in total. The number of hydrogen-bond donors (Lipinski definition) is 0. The third-order valence-corrected chi connectivity index (χ3v) is 6.92. The highest BCUT2D eigenvalue weighted by molar-refractivity contribution is 7.31. The zero-order valence-electron chi connectivity index (χ0n) is 12.9. The van der Waals surface area contributed by atoms with E-state index >= 15 is 0 Å². The number of aryl methyl sites for hydroxylation is 1. The molecule has 0 bridgehead atoms. The zero-order chi connectivity index (χ0) is 14.9. The maximum absolute atomic E-state index is 2.41. The van der Waals surface area contributed by atoms with Gasteiger partial charge in [-0.05, 0) is 30.4 Å². The van der Waals surface area contributed by atoms with Crippen LogP contribution in [0, 0.1) is 0 Å². The molecule has 2 heterocycles. The molecule has 4 aromatic rings. The predicted octanol–water partition coefficient (Wildman–Crippen LogP) is 7.39. The highest BCUT2D eigenvalue weighted by Crippen LogP contribution is 2.41. The first kappa shape index (κ1) is 14.2. The largest absolute Gasteiger partial charge is 0.139 e. The van der Waals surface area contributed by atoms with Crippen LogP contribution in [0.3, 0.4) is 0 Å². The third kappa shape index (κ3) is 2.45. The van der Waals surface area contributed by atoms with E-state index in [-0.39, 0.29) is 0 Å². The number of thiophene rings is 2. The molecule has 112 valence electrons. The van der Waals surface area contributed by atoms with E-state index in [2.05, 4.69) is 49.4 Å². The number of benzene rings is 2. The fraction of sp³-hybridized carbons (Fsp3) is 0.300. The predicted molar refractivity (Wildman–Crippen MR) is 103 cm³/mol. The summed E-state index contributed by atoms with van der Waals surface area (Å²) in [7, 11) is 0. The minimum Gasteiger partial charge on any atom is -0.139 e. The van der Waals surface area contributed by atoms with Crippen LogP contribution in [0.5, 0.6) is 0 Å². The fourth-order valence-corrected chi connectivity index (χ4v) is 5.73. The summed E-state index contributed by atoms with van der Waals surface area (Å²) in [4.78, 5) is 1.55. The van der Waals surface area contributed by atoms with Crippen molar-refractivity contribution in [1.29, 1.82) is 0 Å². The Morgan fingerprint density at radius 2 is 1.73 bits per heavy atom. The summed E-state index contributed by atoms with van der Waals surface area (Å²) in [5, 5.41) is 4.25. The van der Waals surface area contributed by atoms with Gasteiger partial charge >= 0.3 is 0 Å². The van der Waals surface area contributed by atoms with Crippen LogP contribution in [0.4, 0.5) is 0 Å². The van der Waals surface area contributed by atoms with E-state index < -0.39 is 0 Å². The molecule has 0 aliphatic rings. The summed E-state index contributed by atoms with van der Waals surface area (Å²) in [6.07, 6.45) is 6.62. The Morgan fingerprint density at radius 1 is 0.818 bits per heavy atom. The molecule has 2 aromatic carbocycles. The molecular weight excluding hydrogens is 304 g/mol. The molecule has 0 amide bonds. The normalized spacial score (nSPS) is 11.9. The van der Waals surface area contributed by atoms with Gasteiger partial charge in [0, 0.05) is 20.3 Å². The average molecular weight is 325 g/mol. The molecule has 0 atom stereocenters. The first-order valence-corrected chi connectivity index (χ1v) is 9.83. The Kier molecular flexibility index (Phi) is 3.89. The van der Waals surface area contributed by atoms with Gasteiger partial charge < -0.3 is 0 Å². The van der Waals surface area contributed by atoms with Crippen molar-refractivity contribution in [1.82, 2.24) is 0 Å². The van der Waals surface area contributed by atoms with Crippen molar-refractivity contribution in [3.63, 3.8) is 0 Å². The van der Waals surface area contributed by atoms with Crippen LogP contribution in [-0.2, 0) is 6.42 Å². The smallest absolute Gasteiger partial charge is 0.0533 e. The average Bonchev–Trinajstić information content (AvgIpc) is 3.12. The second kappa shape index (κ2) is 6.02. The van der Waals surface area contributed by atoms with Gasteiger partial charge in [-0.3, -0.25) is 0 Å². The van der Waals surface area contributed by atoms with Crippen molar-refractivity contribution in [3.05, 3.63) is 47.3 Å². The van der Waals surface area contributed by atoms with Crippen molar-refractivity contribution in [2.45, 2.75) is 39.0 Å². The lowest BCUT2D eigenvalue weighted by Gasteiger charge is -1.96. The topological polar surface area (TPSA) is 0 Å². The minimum absolute atomic E-state index is 1.24. The van der Waals surface area contributed by atoms with E-state index in [1.54, 1.807) is 4.88 Å². The minimum atomic E-state index is 1.24. The van der Waals surface area contributed by atoms with Gasteiger partial charge in [0.2, 0.25) is 0 Å². The van der Waals surface area contributed by atoms with E-state index in [4.69, 9.17) is 0 Å². The van der Waals surface area contributed by atoms with Crippen molar-refractivity contribution >= 4 is 52.9 Å². The lowest BCUT2D eigenvalue weighted by molar-refractivity contribution is 0.670. The molecule has 0 saturated carbocycles. The molecule has 0 aliphatic heterocycles. The summed E-state index contributed by atoms with van der Waals surface area (Å²) in [5.41, 5.74) is 0. The first-order chi connectivity index (χ1) is 10.9. The number of hydrogen-bond acceptors (Lipinski definition) is 2. The standard InChI is InChI=1S/C20H20S2/c1-2-3-4-5-8-15-13-14-11-12-17-16-9-6-7-10-18(16)22-20(17)19(14)21-15/h6-7,9-13H,2-5,8H2,1H3. The van der Waals surface area contributed by atoms with Gasteiger partial charge in [-0.2, -0.15) is 0 Å². The molecule has 0 spiro atoms. The molecular formula is C20H20S2. The van der Waals surface area contributed by atoms with Gasteiger partial charge in [0.15, 0.2) is 0 Å². The molecule has 0 saturated heterocycles. The Morgan fingerprint density at radius 3 is 2.64 bits per heavy atom. The summed E-state index contributed by atoms with van der Waals surface area (Å²) in [5.74, 6) is 0. The van der Waals surface area contributed by atoms with E-state index in [1.807, 2.05) is 22.7 Å². The molecule has 4 rings (SSSR count). The van der Waals surface area contributed by atoms with E-state index in [1.165, 1.54) is 62.4 Å². The van der Waals surface area contributed by atoms with E-state index in [9.17, 15) is 0 Å². The second-order valence-electron chi connectivity index (χ2n) is 5.98. The van der Waals surface area contributed by atoms with Crippen LogP contribution in [0.1, 0.15) is 37.5 Å². The van der Waals surface area contributed by atoms with Crippen LogP contribution in [-0.4, -0.2) is 0 Å². The molecule has 0 aliphatic carbocycles. The Balaban J connectivity index is 1.77. The van der Waals surface area contributed by atoms with Gasteiger partial charge in [-0.1, -0.05) is 56.5 Å². The number of unbranched alkanes of at least 4 members (excludes halogenated alkanes) is 3. The van der Waals surface area contributed by atoms with Gasteiger partial charge in [0.1, 0.15) is 0 Å². The summed E-state index contributed by atoms with van der Waals surface area (Å²) in [6, 6.07) is 15.8. The van der Waals surface area contributed by atoms with Crippen molar-refractivity contribution in [2.24, 2.45) is 0 Å². The summed E-state index contributed by atoms with van der Waals surface area (Å²) in [6.45, 7) is 2.28. The lowest BCUT2D eigenvalue weighted by Crippen LogP contribution is -1.80. The number of fused-ring (bicyclic) bond motifs is 5. The third-order valence-electron chi connectivity index (χ3n) is 4.36. The highest BCUT2D eigenvalue weighted by Gasteiger charge is 2.10. The summed E-state index contributed by atoms with van der Waals surface area (Å²) >= 11 is 3.96. The van der Waals surface area contributed by atoms with Gasteiger partial charge in [-0.15, -0.1) is 22.7 Å². The molecule has 2 heteroatoms. The Hall–Kier alpha value is -1.38. The summed E-state index contributed by atoms with van der Waals surface area (Å²) < 4.78 is 4.37. The zero-order valence-corrected chi connectivity index (χ0v) is 14.5. The maximum Gasteiger partial charge on any atom is 0.0533 e. The van der Waals surface area contributed by atoms with Crippen molar-refractivity contribution in [3.8, 4) is 0 Å². The van der Waals surface area contributed by atoms with Crippen molar-refractivity contribution in [2.75, 3.05) is 0 Å². The Bertz CT molecular complexity index is 927. The second-order valence-corrected chi connectivity index (χ2v) is 8.17. The maximum atomic E-state index is 2.41. The first-order valence-electron chi connectivity index (χ1n) is 8.19. The van der Waals surface area contributed by atoms with Crippen LogP contribution in [0.25, 0.3) is 30.3 Å². The quantitative estimate of drug-likeness (QED) is 0.336. The van der Waals surface area contributed by atoms with Crippen LogP contribution >= 0.6 is 22.7 Å². The molecule has 0 N–H and O–H groups in total. The fourth-order valence-electron chi connectivity index (χ4n) is 3.18. The van der Waals surface area contributed by atoms with Crippen LogP contribution in [0.2, 0.25) is 0 Å². The lowest BCUT2D eigenvalue weighted by atomic mass is 10.1. The molecule has 0 radical (unpaired) electrons.